The second-order valence-electron chi connectivity index (χ2n) is 5.12. The summed E-state index contributed by atoms with van der Waals surface area (Å²) < 4.78 is 0. The molecule has 1 aromatic carbocycles. The number of nitrogens with two attached hydrogens (primary N) is 1. The van der Waals surface area contributed by atoms with E-state index in [0.717, 1.165) is 19.4 Å². The van der Waals surface area contributed by atoms with Crippen LogP contribution < -0.4 is 5.73 Å². The Morgan fingerprint density at radius 3 is 2.67 bits per heavy atom. The molecule has 1 aromatic heterocycles. The fourth-order valence-corrected chi connectivity index (χ4v) is 2.70. The van der Waals surface area contributed by atoms with Crippen LogP contribution in [0.2, 0.25) is 0 Å². The molecule has 1 heterocycles. The molecule has 0 aliphatic carbocycles. The first-order chi connectivity index (χ1) is 8.65. The number of benzene rings is 1. The van der Waals surface area contributed by atoms with Crippen molar-refractivity contribution in [2.45, 2.75) is 25.8 Å². The van der Waals surface area contributed by atoms with Gasteiger partial charge in [-0.15, -0.1) is 0 Å². The maximum atomic E-state index is 5.65. The molecule has 0 spiro atoms. The Bertz CT molecular complexity index is 513. The Balaban J connectivity index is 2.46. The monoisotopic (exact) mass is 245 g/mol. The van der Waals surface area contributed by atoms with Crippen molar-refractivity contribution >= 4 is 10.9 Å². The fraction of sp³-hybridized carbons (Fsp3) is 0.467. The van der Waals surface area contributed by atoms with E-state index in [1.807, 2.05) is 0 Å². The van der Waals surface area contributed by atoms with Gasteiger partial charge in [0.25, 0.3) is 0 Å². The summed E-state index contributed by atoms with van der Waals surface area (Å²) in [4.78, 5) is 5.77. The molecule has 0 aliphatic heterocycles. The van der Waals surface area contributed by atoms with Crippen LogP contribution in [0.25, 0.3) is 10.9 Å². The largest absolute Gasteiger partial charge is 0.358 e. The van der Waals surface area contributed by atoms with E-state index >= 15 is 0 Å². The number of nitrogens with zero attached hydrogens (tertiary/aromatic N) is 1. The van der Waals surface area contributed by atoms with E-state index in [1.54, 1.807) is 0 Å². The van der Waals surface area contributed by atoms with Gasteiger partial charge in [0.1, 0.15) is 0 Å². The molecule has 0 bridgehead atoms. The van der Waals surface area contributed by atoms with E-state index in [2.05, 4.69) is 55.2 Å². The predicted octanol–water partition coefficient (Wildman–Crippen LogP) is 2.82. The minimum absolute atomic E-state index is 0.435. The first-order valence-corrected chi connectivity index (χ1v) is 6.59. The van der Waals surface area contributed by atoms with E-state index in [4.69, 9.17) is 5.73 Å². The zero-order valence-corrected chi connectivity index (χ0v) is 11.5. The predicted molar refractivity (Wildman–Crippen MR) is 77.8 cm³/mol. The highest BCUT2D eigenvalue weighted by atomic mass is 15.1. The molecule has 2 rings (SSSR count). The molecule has 3 N–H and O–H groups in total. The molecule has 0 amide bonds. The Morgan fingerprint density at radius 2 is 2.00 bits per heavy atom. The summed E-state index contributed by atoms with van der Waals surface area (Å²) in [6, 6.07) is 8.96. The van der Waals surface area contributed by atoms with Crippen molar-refractivity contribution in [1.82, 2.24) is 9.88 Å². The van der Waals surface area contributed by atoms with Gasteiger partial charge in [-0.25, -0.2) is 0 Å². The summed E-state index contributed by atoms with van der Waals surface area (Å²) in [5, 5.41) is 1.34. The van der Waals surface area contributed by atoms with Crippen LogP contribution in [0.3, 0.4) is 0 Å². The lowest BCUT2D eigenvalue weighted by Crippen LogP contribution is -2.21. The van der Waals surface area contributed by atoms with Crippen molar-refractivity contribution in [1.29, 1.82) is 0 Å². The summed E-state index contributed by atoms with van der Waals surface area (Å²) >= 11 is 0. The topological polar surface area (TPSA) is 45.1 Å². The van der Waals surface area contributed by atoms with Crippen molar-refractivity contribution in [3.63, 3.8) is 0 Å². The Morgan fingerprint density at radius 1 is 1.28 bits per heavy atom. The highest BCUT2D eigenvalue weighted by Gasteiger charge is 2.20. The second kappa shape index (κ2) is 5.55. The van der Waals surface area contributed by atoms with Crippen LogP contribution in [0.15, 0.2) is 24.3 Å². The Hall–Kier alpha value is -1.32. The number of rotatable bonds is 5. The van der Waals surface area contributed by atoms with Gasteiger partial charge in [0.15, 0.2) is 0 Å². The minimum Gasteiger partial charge on any atom is -0.358 e. The van der Waals surface area contributed by atoms with E-state index in [-0.39, 0.29) is 0 Å². The molecular weight excluding hydrogens is 222 g/mol. The summed E-state index contributed by atoms with van der Waals surface area (Å²) in [5.74, 6) is 0. The number of nitrogens with one attached hydrogen (secondary N) is 1. The zero-order valence-electron chi connectivity index (χ0n) is 11.5. The molecule has 18 heavy (non-hydrogen) atoms. The normalized spacial score (nSPS) is 13.4. The molecule has 98 valence electrons. The molecule has 1 unspecified atom stereocenters. The fourth-order valence-electron chi connectivity index (χ4n) is 2.70. The number of aromatic amines is 1. The SMILES string of the molecule is Cc1[nH]c2ccccc2c1C(CCCN)N(C)C. The maximum Gasteiger partial charge on any atom is 0.0459 e. The van der Waals surface area contributed by atoms with Crippen LogP contribution in [0.1, 0.15) is 30.1 Å². The van der Waals surface area contributed by atoms with Crippen LogP contribution in [0, 0.1) is 6.92 Å². The average Bonchev–Trinajstić information content (AvgIpc) is 2.66. The molecule has 1 atom stereocenters. The van der Waals surface area contributed by atoms with Gasteiger partial charge in [-0.05, 0) is 52.0 Å². The van der Waals surface area contributed by atoms with Gasteiger partial charge in [0.2, 0.25) is 0 Å². The van der Waals surface area contributed by atoms with Crippen LogP contribution in [0.4, 0.5) is 0 Å². The number of H-pyrrole nitrogens is 1. The third-order valence-corrected chi connectivity index (χ3v) is 3.58. The highest BCUT2D eigenvalue weighted by molar-refractivity contribution is 5.85. The molecule has 3 heteroatoms. The second-order valence-corrected chi connectivity index (χ2v) is 5.12. The third-order valence-electron chi connectivity index (χ3n) is 3.58. The lowest BCUT2D eigenvalue weighted by Gasteiger charge is -2.25. The van der Waals surface area contributed by atoms with Crippen LogP contribution in [-0.2, 0) is 0 Å². The number of aryl methyl sites for hydroxylation is 1. The minimum atomic E-state index is 0.435. The highest BCUT2D eigenvalue weighted by Crippen LogP contribution is 2.32. The molecular formula is C15H23N3. The molecule has 0 saturated heterocycles. The summed E-state index contributed by atoms with van der Waals surface area (Å²) in [6.45, 7) is 2.92. The van der Waals surface area contributed by atoms with Crippen LogP contribution in [-0.4, -0.2) is 30.5 Å². The van der Waals surface area contributed by atoms with Crippen molar-refractivity contribution in [2.75, 3.05) is 20.6 Å². The maximum absolute atomic E-state index is 5.65. The first kappa shape index (κ1) is 13.1. The van der Waals surface area contributed by atoms with Gasteiger partial charge >= 0.3 is 0 Å². The molecule has 3 nitrogen and oxygen atoms in total. The third kappa shape index (κ3) is 2.42. The quantitative estimate of drug-likeness (QED) is 0.851. The van der Waals surface area contributed by atoms with Gasteiger partial charge in [-0.3, -0.25) is 0 Å². The van der Waals surface area contributed by atoms with Crippen molar-refractivity contribution < 1.29 is 0 Å². The molecule has 2 aromatic rings. The van der Waals surface area contributed by atoms with E-state index < -0.39 is 0 Å². The number of para-hydroxylation sites is 1. The summed E-state index contributed by atoms with van der Waals surface area (Å²) in [7, 11) is 4.28. The van der Waals surface area contributed by atoms with E-state index in [9.17, 15) is 0 Å². The van der Waals surface area contributed by atoms with Crippen molar-refractivity contribution in [3.8, 4) is 0 Å². The Kier molecular flexibility index (Phi) is 4.04. The number of hydrogen-bond acceptors (Lipinski definition) is 2. The van der Waals surface area contributed by atoms with Crippen LogP contribution in [0.5, 0.6) is 0 Å². The lowest BCUT2D eigenvalue weighted by molar-refractivity contribution is 0.281. The van der Waals surface area contributed by atoms with Gasteiger partial charge in [-0.2, -0.15) is 0 Å². The van der Waals surface area contributed by atoms with E-state index in [1.165, 1.54) is 22.2 Å². The lowest BCUT2D eigenvalue weighted by atomic mass is 9.98. The van der Waals surface area contributed by atoms with E-state index in [0.29, 0.717) is 6.04 Å². The Labute approximate surface area is 109 Å². The van der Waals surface area contributed by atoms with Crippen molar-refractivity contribution in [3.05, 3.63) is 35.5 Å². The standard InChI is InChI=1S/C15H23N3/c1-11-15(14(18(2)3)9-6-10-16)12-7-4-5-8-13(12)17-11/h4-5,7-8,14,17H,6,9-10,16H2,1-3H3. The first-order valence-electron chi connectivity index (χ1n) is 6.59. The average molecular weight is 245 g/mol. The molecule has 0 fully saturated rings. The number of hydrogen-bond donors (Lipinski definition) is 2. The van der Waals surface area contributed by atoms with Gasteiger partial charge < -0.3 is 15.6 Å². The number of fused-ring (bicyclic) bond motifs is 1. The smallest absolute Gasteiger partial charge is 0.0459 e. The summed E-state index contributed by atoms with van der Waals surface area (Å²) in [6.07, 6.45) is 2.16. The van der Waals surface area contributed by atoms with Gasteiger partial charge in [0.05, 0.1) is 0 Å². The zero-order chi connectivity index (χ0) is 13.1. The summed E-state index contributed by atoms with van der Waals surface area (Å²) in [5.41, 5.74) is 9.57. The molecule has 0 saturated carbocycles. The number of aromatic nitrogens is 1. The van der Waals surface area contributed by atoms with Crippen LogP contribution >= 0.6 is 0 Å². The molecule has 0 radical (unpaired) electrons. The van der Waals surface area contributed by atoms with Gasteiger partial charge in [0, 0.05) is 22.6 Å². The van der Waals surface area contributed by atoms with Crippen molar-refractivity contribution in [2.24, 2.45) is 5.73 Å². The molecule has 0 aliphatic rings. The van der Waals surface area contributed by atoms with Gasteiger partial charge in [-0.1, -0.05) is 18.2 Å².